The van der Waals surface area contributed by atoms with Crippen LogP contribution in [-0.4, -0.2) is 23.7 Å². The lowest BCUT2D eigenvalue weighted by molar-refractivity contribution is -0.142. The predicted octanol–water partition coefficient (Wildman–Crippen LogP) is 2.51. The molecule has 1 aliphatic carbocycles. The van der Waals surface area contributed by atoms with Crippen LogP contribution in [0.2, 0.25) is 0 Å². The summed E-state index contributed by atoms with van der Waals surface area (Å²) in [5.41, 5.74) is 0. The Labute approximate surface area is 98.6 Å². The molecule has 3 heteroatoms. The van der Waals surface area contributed by atoms with E-state index in [0.717, 1.165) is 12.3 Å². The van der Waals surface area contributed by atoms with Crippen LogP contribution in [0.1, 0.15) is 46.5 Å². The normalized spacial score (nSPS) is 20.5. The van der Waals surface area contributed by atoms with Crippen LogP contribution in [0.4, 0.5) is 0 Å². The van der Waals surface area contributed by atoms with Gasteiger partial charge >= 0.3 is 5.97 Å². The summed E-state index contributed by atoms with van der Waals surface area (Å²) in [6.07, 6.45) is 4.71. The second-order valence-electron chi connectivity index (χ2n) is 5.55. The highest BCUT2D eigenvalue weighted by Crippen LogP contribution is 2.29. The Morgan fingerprint density at radius 2 is 2.00 bits per heavy atom. The minimum atomic E-state index is -0.665. The largest absolute Gasteiger partial charge is 0.481 e. The lowest BCUT2D eigenvalue weighted by Crippen LogP contribution is -2.41. The lowest BCUT2D eigenvalue weighted by atomic mass is 9.80. The molecule has 0 radical (unpaired) electrons. The highest BCUT2D eigenvalue weighted by Gasteiger charge is 2.25. The minimum Gasteiger partial charge on any atom is -0.481 e. The average Bonchev–Trinajstić information content (AvgIpc) is 2.08. The van der Waals surface area contributed by atoms with Gasteiger partial charge in [-0.15, -0.1) is 0 Å². The van der Waals surface area contributed by atoms with E-state index in [4.69, 9.17) is 5.11 Å². The van der Waals surface area contributed by atoms with E-state index in [0.29, 0.717) is 18.5 Å². The van der Waals surface area contributed by atoms with Gasteiger partial charge in [-0.05, 0) is 38.0 Å². The van der Waals surface area contributed by atoms with Crippen molar-refractivity contribution >= 4 is 5.97 Å². The molecular formula is C13H25NO2. The van der Waals surface area contributed by atoms with Crippen LogP contribution in [0.3, 0.4) is 0 Å². The topological polar surface area (TPSA) is 49.3 Å². The second kappa shape index (κ2) is 6.24. The SMILES string of the molecule is CC(C)CC(CNC(C)C1CCC1)C(=O)O. The summed E-state index contributed by atoms with van der Waals surface area (Å²) in [7, 11) is 0. The third-order valence-electron chi connectivity index (χ3n) is 3.65. The van der Waals surface area contributed by atoms with Crippen molar-refractivity contribution in [1.82, 2.24) is 5.32 Å². The summed E-state index contributed by atoms with van der Waals surface area (Å²) in [4.78, 5) is 11.1. The van der Waals surface area contributed by atoms with Gasteiger partial charge in [-0.25, -0.2) is 0 Å². The molecule has 0 amide bonds. The van der Waals surface area contributed by atoms with Crippen molar-refractivity contribution in [1.29, 1.82) is 0 Å². The maximum absolute atomic E-state index is 11.1. The van der Waals surface area contributed by atoms with Crippen molar-refractivity contribution in [3.05, 3.63) is 0 Å². The summed E-state index contributed by atoms with van der Waals surface area (Å²) in [6, 6.07) is 0.475. The quantitative estimate of drug-likeness (QED) is 0.702. The molecule has 94 valence electrons. The van der Waals surface area contributed by atoms with Gasteiger partial charge in [-0.2, -0.15) is 0 Å². The van der Waals surface area contributed by atoms with Crippen LogP contribution in [0, 0.1) is 17.8 Å². The Morgan fingerprint density at radius 1 is 1.38 bits per heavy atom. The molecule has 0 heterocycles. The maximum atomic E-state index is 11.1. The number of nitrogens with one attached hydrogen (secondary N) is 1. The average molecular weight is 227 g/mol. The molecular weight excluding hydrogens is 202 g/mol. The monoisotopic (exact) mass is 227 g/mol. The van der Waals surface area contributed by atoms with E-state index in [1.165, 1.54) is 19.3 Å². The van der Waals surface area contributed by atoms with E-state index in [9.17, 15) is 4.79 Å². The molecule has 2 atom stereocenters. The van der Waals surface area contributed by atoms with Crippen LogP contribution >= 0.6 is 0 Å². The number of carboxylic acid groups (broad SMARTS) is 1. The van der Waals surface area contributed by atoms with Crippen molar-refractivity contribution in [2.45, 2.75) is 52.5 Å². The summed E-state index contributed by atoms with van der Waals surface area (Å²) >= 11 is 0. The number of carboxylic acids is 1. The zero-order valence-corrected chi connectivity index (χ0v) is 10.7. The fourth-order valence-corrected chi connectivity index (χ4v) is 2.28. The predicted molar refractivity (Wildman–Crippen MR) is 65.4 cm³/mol. The Morgan fingerprint density at radius 3 is 2.38 bits per heavy atom. The van der Waals surface area contributed by atoms with Crippen molar-refractivity contribution in [2.75, 3.05) is 6.54 Å². The van der Waals surface area contributed by atoms with E-state index in [1.54, 1.807) is 0 Å². The van der Waals surface area contributed by atoms with Gasteiger partial charge in [0.2, 0.25) is 0 Å². The van der Waals surface area contributed by atoms with Crippen LogP contribution in [0.25, 0.3) is 0 Å². The number of hydrogen-bond acceptors (Lipinski definition) is 2. The molecule has 1 fully saturated rings. The molecule has 1 saturated carbocycles. The van der Waals surface area contributed by atoms with Gasteiger partial charge in [0, 0.05) is 12.6 Å². The molecule has 2 unspecified atom stereocenters. The Balaban J connectivity index is 2.28. The highest BCUT2D eigenvalue weighted by molar-refractivity contribution is 5.70. The first-order valence-corrected chi connectivity index (χ1v) is 6.47. The Hall–Kier alpha value is -0.570. The van der Waals surface area contributed by atoms with Crippen LogP contribution < -0.4 is 5.32 Å². The smallest absolute Gasteiger partial charge is 0.307 e. The number of aliphatic carboxylic acids is 1. The van der Waals surface area contributed by atoms with Gasteiger partial charge in [-0.3, -0.25) is 4.79 Å². The third kappa shape index (κ3) is 4.12. The van der Waals surface area contributed by atoms with E-state index >= 15 is 0 Å². The summed E-state index contributed by atoms with van der Waals surface area (Å²) in [5.74, 6) is 0.319. The first-order chi connectivity index (χ1) is 7.50. The minimum absolute atomic E-state index is 0.234. The van der Waals surface area contributed by atoms with Gasteiger partial charge < -0.3 is 10.4 Å². The maximum Gasteiger partial charge on any atom is 0.307 e. The lowest BCUT2D eigenvalue weighted by Gasteiger charge is -2.32. The molecule has 0 saturated heterocycles. The molecule has 0 aromatic carbocycles. The van der Waals surface area contributed by atoms with Crippen molar-refractivity contribution in [2.24, 2.45) is 17.8 Å². The molecule has 16 heavy (non-hydrogen) atoms. The van der Waals surface area contributed by atoms with Crippen molar-refractivity contribution < 1.29 is 9.90 Å². The van der Waals surface area contributed by atoms with Crippen molar-refractivity contribution in [3.63, 3.8) is 0 Å². The van der Waals surface area contributed by atoms with E-state index in [1.807, 2.05) is 0 Å². The Kier molecular flexibility index (Phi) is 5.26. The first-order valence-electron chi connectivity index (χ1n) is 6.47. The van der Waals surface area contributed by atoms with E-state index < -0.39 is 5.97 Å². The molecule has 0 aliphatic heterocycles. The van der Waals surface area contributed by atoms with E-state index in [-0.39, 0.29) is 5.92 Å². The molecule has 0 bridgehead atoms. The molecule has 0 aromatic heterocycles. The van der Waals surface area contributed by atoms with E-state index in [2.05, 4.69) is 26.1 Å². The zero-order chi connectivity index (χ0) is 12.1. The Bertz CT molecular complexity index is 224. The first kappa shape index (κ1) is 13.5. The molecule has 1 rings (SSSR count). The number of carbonyl (C=O) groups is 1. The van der Waals surface area contributed by atoms with Gasteiger partial charge in [0.25, 0.3) is 0 Å². The fraction of sp³-hybridized carbons (Fsp3) is 0.923. The molecule has 3 nitrogen and oxygen atoms in total. The second-order valence-corrected chi connectivity index (χ2v) is 5.55. The van der Waals surface area contributed by atoms with Crippen LogP contribution in [-0.2, 0) is 4.79 Å². The number of rotatable bonds is 7. The van der Waals surface area contributed by atoms with Crippen LogP contribution in [0.15, 0.2) is 0 Å². The third-order valence-corrected chi connectivity index (χ3v) is 3.65. The van der Waals surface area contributed by atoms with Crippen molar-refractivity contribution in [3.8, 4) is 0 Å². The van der Waals surface area contributed by atoms with Gasteiger partial charge in [-0.1, -0.05) is 20.3 Å². The molecule has 1 aliphatic rings. The summed E-state index contributed by atoms with van der Waals surface area (Å²) in [5, 5.41) is 12.5. The summed E-state index contributed by atoms with van der Waals surface area (Å²) in [6.45, 7) is 6.94. The van der Waals surface area contributed by atoms with Gasteiger partial charge in [0.1, 0.15) is 0 Å². The molecule has 0 spiro atoms. The van der Waals surface area contributed by atoms with Crippen LogP contribution in [0.5, 0.6) is 0 Å². The van der Waals surface area contributed by atoms with Gasteiger partial charge in [0.05, 0.1) is 5.92 Å². The van der Waals surface area contributed by atoms with Gasteiger partial charge in [0.15, 0.2) is 0 Å². The fourth-order valence-electron chi connectivity index (χ4n) is 2.28. The summed E-state index contributed by atoms with van der Waals surface area (Å²) < 4.78 is 0. The molecule has 0 aromatic rings. The molecule has 2 N–H and O–H groups in total. The zero-order valence-electron chi connectivity index (χ0n) is 10.7. The standard InChI is InChI=1S/C13H25NO2/c1-9(2)7-12(13(15)16)8-14-10(3)11-5-4-6-11/h9-12,14H,4-8H2,1-3H3,(H,15,16). The number of hydrogen-bond donors (Lipinski definition) is 2. The highest BCUT2D eigenvalue weighted by atomic mass is 16.4.